The molecular weight excluding hydrogens is 244 g/mol. The van der Waals surface area contributed by atoms with E-state index in [0.717, 1.165) is 24.7 Å². The van der Waals surface area contributed by atoms with Gasteiger partial charge in [-0.3, -0.25) is 4.98 Å². The summed E-state index contributed by atoms with van der Waals surface area (Å²) >= 11 is 1.82. The summed E-state index contributed by atoms with van der Waals surface area (Å²) in [4.78, 5) is 11.3. The Morgan fingerprint density at radius 1 is 1.17 bits per heavy atom. The highest BCUT2D eigenvalue weighted by atomic mass is 32.1. The van der Waals surface area contributed by atoms with Crippen molar-refractivity contribution in [3.8, 4) is 0 Å². The predicted molar refractivity (Wildman–Crippen MR) is 77.3 cm³/mol. The summed E-state index contributed by atoms with van der Waals surface area (Å²) in [6.07, 6.45) is 3.47. The Bertz CT molecular complexity index is 502. The smallest absolute Gasteiger partial charge is 0.147 e. The Kier molecular flexibility index (Phi) is 4.15. The molecule has 0 spiro atoms. The molecule has 2 N–H and O–H groups in total. The first kappa shape index (κ1) is 12.8. The lowest BCUT2D eigenvalue weighted by Crippen LogP contribution is -2.04. The molecule has 2 heterocycles. The summed E-state index contributed by atoms with van der Waals surface area (Å²) in [5.41, 5.74) is 1.35. The molecule has 0 aromatic carbocycles. The van der Waals surface area contributed by atoms with Crippen LogP contribution < -0.4 is 10.6 Å². The first-order valence-corrected chi connectivity index (χ1v) is 6.86. The van der Waals surface area contributed by atoms with Crippen LogP contribution in [0, 0.1) is 13.8 Å². The van der Waals surface area contributed by atoms with Crippen molar-refractivity contribution in [2.45, 2.75) is 27.3 Å². The fraction of sp³-hybridized carbons (Fsp3) is 0.385. The number of rotatable bonds is 5. The van der Waals surface area contributed by atoms with Crippen LogP contribution in [0.15, 0.2) is 18.5 Å². The van der Waals surface area contributed by atoms with E-state index in [1.165, 1.54) is 15.3 Å². The van der Waals surface area contributed by atoms with Gasteiger partial charge in [-0.15, -0.1) is 11.3 Å². The number of hydrogen-bond donors (Lipinski definition) is 2. The molecule has 0 bridgehead atoms. The van der Waals surface area contributed by atoms with Crippen molar-refractivity contribution in [2.75, 3.05) is 17.2 Å². The molecule has 0 aliphatic heterocycles. The third-order valence-electron chi connectivity index (χ3n) is 2.65. The van der Waals surface area contributed by atoms with Gasteiger partial charge in [-0.05, 0) is 32.4 Å². The van der Waals surface area contributed by atoms with E-state index in [1.54, 1.807) is 12.4 Å². The van der Waals surface area contributed by atoms with Gasteiger partial charge >= 0.3 is 0 Å². The van der Waals surface area contributed by atoms with Crippen LogP contribution >= 0.6 is 11.3 Å². The predicted octanol–water partition coefficient (Wildman–Crippen LogP) is 3.20. The summed E-state index contributed by atoms with van der Waals surface area (Å²) < 4.78 is 0. The van der Waals surface area contributed by atoms with Crippen molar-refractivity contribution in [1.29, 1.82) is 0 Å². The fourth-order valence-corrected chi connectivity index (χ4v) is 2.63. The highest BCUT2D eigenvalue weighted by Gasteiger charge is 2.02. The van der Waals surface area contributed by atoms with Crippen LogP contribution in [0.1, 0.15) is 22.2 Å². The van der Waals surface area contributed by atoms with Gasteiger partial charge in [0.05, 0.1) is 18.9 Å². The number of anilines is 2. The number of nitrogens with zero attached hydrogens (tertiary/aromatic N) is 2. The normalized spacial score (nSPS) is 10.4. The first-order valence-electron chi connectivity index (χ1n) is 6.04. The SMILES string of the molecule is CCNc1cncc(NCc2cc(C)c(C)s2)n1. The molecule has 0 radical (unpaired) electrons. The van der Waals surface area contributed by atoms with Gasteiger partial charge in [-0.25, -0.2) is 4.98 Å². The molecule has 5 heteroatoms. The van der Waals surface area contributed by atoms with E-state index < -0.39 is 0 Å². The van der Waals surface area contributed by atoms with Crippen LogP contribution in [0.5, 0.6) is 0 Å². The van der Waals surface area contributed by atoms with Crippen LogP contribution in [0.3, 0.4) is 0 Å². The molecule has 0 saturated carbocycles. The van der Waals surface area contributed by atoms with Crippen molar-refractivity contribution in [2.24, 2.45) is 0 Å². The van der Waals surface area contributed by atoms with Crippen molar-refractivity contribution < 1.29 is 0 Å². The molecule has 0 fully saturated rings. The quantitative estimate of drug-likeness (QED) is 0.869. The Morgan fingerprint density at radius 2 is 1.89 bits per heavy atom. The Labute approximate surface area is 111 Å². The van der Waals surface area contributed by atoms with E-state index in [2.05, 4.69) is 40.5 Å². The summed E-state index contributed by atoms with van der Waals surface area (Å²) in [6, 6.07) is 2.22. The third-order valence-corrected chi connectivity index (χ3v) is 3.81. The topological polar surface area (TPSA) is 49.8 Å². The maximum atomic E-state index is 4.43. The summed E-state index contributed by atoms with van der Waals surface area (Å²) in [6.45, 7) is 7.97. The summed E-state index contributed by atoms with van der Waals surface area (Å²) in [5, 5.41) is 6.45. The molecule has 0 saturated heterocycles. The van der Waals surface area contributed by atoms with Gasteiger partial charge in [-0.1, -0.05) is 0 Å². The molecule has 0 unspecified atom stereocenters. The molecule has 18 heavy (non-hydrogen) atoms. The van der Waals surface area contributed by atoms with Crippen molar-refractivity contribution in [1.82, 2.24) is 9.97 Å². The maximum Gasteiger partial charge on any atom is 0.147 e. The van der Waals surface area contributed by atoms with E-state index in [-0.39, 0.29) is 0 Å². The van der Waals surface area contributed by atoms with Gasteiger partial charge in [0.2, 0.25) is 0 Å². The lowest BCUT2D eigenvalue weighted by molar-refractivity contribution is 1.08. The zero-order chi connectivity index (χ0) is 13.0. The molecular formula is C13H18N4S. The second-order valence-electron chi connectivity index (χ2n) is 4.13. The van der Waals surface area contributed by atoms with Gasteiger partial charge in [0.1, 0.15) is 11.6 Å². The molecule has 0 amide bonds. The Balaban J connectivity index is 1.99. The minimum atomic E-state index is 0.795. The average Bonchev–Trinajstić information content (AvgIpc) is 2.67. The zero-order valence-electron chi connectivity index (χ0n) is 10.9. The van der Waals surface area contributed by atoms with Gasteiger partial charge in [0.15, 0.2) is 0 Å². The average molecular weight is 262 g/mol. The number of aryl methyl sites for hydroxylation is 2. The Hall–Kier alpha value is -1.62. The van der Waals surface area contributed by atoms with Crippen molar-refractivity contribution in [3.05, 3.63) is 33.8 Å². The molecule has 0 aliphatic rings. The second-order valence-corrected chi connectivity index (χ2v) is 5.47. The number of aromatic nitrogens is 2. The molecule has 0 aliphatic carbocycles. The first-order chi connectivity index (χ1) is 8.69. The highest BCUT2D eigenvalue weighted by Crippen LogP contribution is 2.21. The van der Waals surface area contributed by atoms with Crippen LogP contribution in [0.25, 0.3) is 0 Å². The van der Waals surface area contributed by atoms with Crippen LogP contribution in [-0.2, 0) is 6.54 Å². The van der Waals surface area contributed by atoms with Crippen LogP contribution in [0.4, 0.5) is 11.6 Å². The minimum Gasteiger partial charge on any atom is -0.369 e. The second kappa shape index (κ2) is 5.82. The molecule has 0 atom stereocenters. The number of thiophene rings is 1. The van der Waals surface area contributed by atoms with Crippen molar-refractivity contribution in [3.63, 3.8) is 0 Å². The summed E-state index contributed by atoms with van der Waals surface area (Å²) in [5.74, 6) is 1.61. The molecule has 96 valence electrons. The van der Waals surface area contributed by atoms with Gasteiger partial charge < -0.3 is 10.6 Å². The maximum absolute atomic E-state index is 4.43. The summed E-state index contributed by atoms with van der Waals surface area (Å²) in [7, 11) is 0. The lowest BCUT2D eigenvalue weighted by Gasteiger charge is -2.06. The Morgan fingerprint density at radius 3 is 2.50 bits per heavy atom. The van der Waals surface area contributed by atoms with E-state index in [0.29, 0.717) is 0 Å². The lowest BCUT2D eigenvalue weighted by atomic mass is 10.3. The molecule has 2 aromatic heterocycles. The third kappa shape index (κ3) is 3.20. The molecule has 2 aromatic rings. The van der Waals surface area contributed by atoms with E-state index in [1.807, 2.05) is 18.3 Å². The standard InChI is InChI=1S/C13H18N4S/c1-4-15-12-7-14-8-13(17-12)16-6-11-5-9(2)10(3)18-11/h5,7-8H,4,6H2,1-3H3,(H2,15,16,17). The van der Waals surface area contributed by atoms with Crippen LogP contribution in [0.2, 0.25) is 0 Å². The van der Waals surface area contributed by atoms with E-state index in [4.69, 9.17) is 0 Å². The minimum absolute atomic E-state index is 0.795. The van der Waals surface area contributed by atoms with Gasteiger partial charge in [0.25, 0.3) is 0 Å². The highest BCUT2D eigenvalue weighted by molar-refractivity contribution is 7.12. The monoisotopic (exact) mass is 262 g/mol. The number of hydrogen-bond acceptors (Lipinski definition) is 5. The van der Waals surface area contributed by atoms with E-state index >= 15 is 0 Å². The van der Waals surface area contributed by atoms with Crippen molar-refractivity contribution >= 4 is 23.0 Å². The number of nitrogens with one attached hydrogen (secondary N) is 2. The van der Waals surface area contributed by atoms with Gasteiger partial charge in [-0.2, -0.15) is 0 Å². The fourth-order valence-electron chi connectivity index (χ4n) is 1.63. The van der Waals surface area contributed by atoms with Crippen LogP contribution in [-0.4, -0.2) is 16.5 Å². The van der Waals surface area contributed by atoms with Gasteiger partial charge in [0, 0.05) is 16.3 Å². The molecule has 4 nitrogen and oxygen atoms in total. The van der Waals surface area contributed by atoms with E-state index in [9.17, 15) is 0 Å². The largest absolute Gasteiger partial charge is 0.369 e. The molecule has 2 rings (SSSR count). The zero-order valence-corrected chi connectivity index (χ0v) is 11.8.